The molecular formula is C11H18O4. The summed E-state index contributed by atoms with van der Waals surface area (Å²) in [7, 11) is 1.30. The van der Waals surface area contributed by atoms with Crippen molar-refractivity contribution in [1.29, 1.82) is 0 Å². The van der Waals surface area contributed by atoms with Gasteiger partial charge in [0.15, 0.2) is 5.78 Å². The Hall–Kier alpha value is -0.900. The molecule has 0 aliphatic carbocycles. The Kier molecular flexibility index (Phi) is 3.85. The van der Waals surface area contributed by atoms with Crippen LogP contribution in [0.1, 0.15) is 33.1 Å². The van der Waals surface area contributed by atoms with Crippen molar-refractivity contribution < 1.29 is 19.1 Å². The van der Waals surface area contributed by atoms with Gasteiger partial charge in [-0.25, -0.2) is 0 Å². The van der Waals surface area contributed by atoms with Gasteiger partial charge < -0.3 is 9.47 Å². The highest BCUT2D eigenvalue weighted by Gasteiger charge is 2.43. The zero-order valence-corrected chi connectivity index (χ0v) is 9.54. The van der Waals surface area contributed by atoms with E-state index in [2.05, 4.69) is 4.74 Å². The number of ketones is 1. The second-order valence-electron chi connectivity index (χ2n) is 4.03. The van der Waals surface area contributed by atoms with Crippen LogP contribution in [0.4, 0.5) is 0 Å². The predicted octanol–water partition coefficient (Wildman–Crippen LogP) is 1.32. The van der Waals surface area contributed by atoms with Crippen LogP contribution in [0.3, 0.4) is 0 Å². The van der Waals surface area contributed by atoms with E-state index in [1.165, 1.54) is 7.11 Å². The summed E-state index contributed by atoms with van der Waals surface area (Å²) in [6, 6.07) is 0. The van der Waals surface area contributed by atoms with Crippen LogP contribution >= 0.6 is 0 Å². The molecule has 0 N–H and O–H groups in total. The SMILES string of the molecule is CCC(C(=O)OC)C(=O)C1(C)CCCO1. The van der Waals surface area contributed by atoms with Crippen molar-refractivity contribution in [3.05, 3.63) is 0 Å². The maximum Gasteiger partial charge on any atom is 0.316 e. The Morgan fingerprint density at radius 2 is 2.20 bits per heavy atom. The first kappa shape index (κ1) is 12.2. The molecule has 0 aromatic heterocycles. The minimum absolute atomic E-state index is 0.144. The van der Waals surface area contributed by atoms with E-state index in [4.69, 9.17) is 4.74 Å². The molecule has 0 amide bonds. The lowest BCUT2D eigenvalue weighted by atomic mass is 9.86. The quantitative estimate of drug-likeness (QED) is 0.523. The lowest BCUT2D eigenvalue weighted by Crippen LogP contribution is -2.42. The molecule has 15 heavy (non-hydrogen) atoms. The summed E-state index contributed by atoms with van der Waals surface area (Å²) in [5.41, 5.74) is -0.783. The third-order valence-corrected chi connectivity index (χ3v) is 2.95. The number of ether oxygens (including phenoxy) is 2. The Balaban J connectivity index is 2.76. The monoisotopic (exact) mass is 214 g/mol. The van der Waals surface area contributed by atoms with Gasteiger partial charge in [0, 0.05) is 6.61 Å². The van der Waals surface area contributed by atoms with Gasteiger partial charge in [0.05, 0.1) is 7.11 Å². The second-order valence-corrected chi connectivity index (χ2v) is 4.03. The van der Waals surface area contributed by atoms with Crippen LogP contribution in [0, 0.1) is 5.92 Å². The molecule has 0 aromatic carbocycles. The molecule has 0 radical (unpaired) electrons. The first-order chi connectivity index (χ1) is 7.05. The molecule has 86 valence electrons. The van der Waals surface area contributed by atoms with E-state index in [1.807, 2.05) is 0 Å². The predicted molar refractivity (Wildman–Crippen MR) is 54.4 cm³/mol. The molecule has 1 rings (SSSR count). The molecule has 0 saturated carbocycles. The summed E-state index contributed by atoms with van der Waals surface area (Å²) in [6.07, 6.45) is 2.03. The highest BCUT2D eigenvalue weighted by Crippen LogP contribution is 2.30. The first-order valence-corrected chi connectivity index (χ1v) is 5.31. The summed E-state index contributed by atoms with van der Waals surface area (Å²) in [5, 5.41) is 0. The molecule has 0 aromatic rings. The van der Waals surface area contributed by atoms with Gasteiger partial charge in [0.1, 0.15) is 11.5 Å². The summed E-state index contributed by atoms with van der Waals surface area (Å²) < 4.78 is 10.0. The summed E-state index contributed by atoms with van der Waals surface area (Å²) >= 11 is 0. The highest BCUT2D eigenvalue weighted by atomic mass is 16.5. The van der Waals surface area contributed by atoms with E-state index < -0.39 is 17.5 Å². The molecule has 0 spiro atoms. The largest absolute Gasteiger partial charge is 0.468 e. The molecule has 2 unspecified atom stereocenters. The standard InChI is InChI=1S/C11H18O4/c1-4-8(10(13)14-3)9(12)11(2)6-5-7-15-11/h8H,4-7H2,1-3H3. The smallest absolute Gasteiger partial charge is 0.316 e. The molecule has 1 saturated heterocycles. The third-order valence-electron chi connectivity index (χ3n) is 2.95. The molecule has 1 fully saturated rings. The lowest BCUT2D eigenvalue weighted by molar-refractivity contribution is -0.156. The van der Waals surface area contributed by atoms with Crippen molar-refractivity contribution in [2.75, 3.05) is 13.7 Å². The van der Waals surface area contributed by atoms with Gasteiger partial charge in [-0.05, 0) is 26.2 Å². The van der Waals surface area contributed by atoms with Crippen LogP contribution < -0.4 is 0 Å². The number of hydrogen-bond acceptors (Lipinski definition) is 4. The summed E-state index contributed by atoms with van der Waals surface area (Å²) in [4.78, 5) is 23.5. The fourth-order valence-electron chi connectivity index (χ4n) is 1.94. The van der Waals surface area contributed by atoms with E-state index in [0.29, 0.717) is 19.4 Å². The van der Waals surface area contributed by atoms with E-state index in [9.17, 15) is 9.59 Å². The van der Waals surface area contributed by atoms with E-state index >= 15 is 0 Å². The van der Waals surface area contributed by atoms with Crippen LogP contribution in [-0.4, -0.2) is 31.1 Å². The Labute approximate surface area is 89.9 Å². The topological polar surface area (TPSA) is 52.6 Å². The number of esters is 1. The van der Waals surface area contributed by atoms with Gasteiger partial charge in [-0.2, -0.15) is 0 Å². The van der Waals surface area contributed by atoms with Gasteiger partial charge in [-0.15, -0.1) is 0 Å². The number of hydrogen-bond donors (Lipinski definition) is 0. The number of rotatable bonds is 4. The van der Waals surface area contributed by atoms with Gasteiger partial charge >= 0.3 is 5.97 Å². The van der Waals surface area contributed by atoms with Crippen molar-refractivity contribution in [2.24, 2.45) is 5.92 Å². The van der Waals surface area contributed by atoms with Crippen LogP contribution in [0.15, 0.2) is 0 Å². The Bertz CT molecular complexity index is 253. The van der Waals surface area contributed by atoms with Crippen molar-refractivity contribution in [3.8, 4) is 0 Å². The normalized spacial score (nSPS) is 27.4. The maximum absolute atomic E-state index is 12.1. The average molecular weight is 214 g/mol. The van der Waals surface area contributed by atoms with Crippen molar-refractivity contribution in [2.45, 2.75) is 38.7 Å². The first-order valence-electron chi connectivity index (χ1n) is 5.31. The van der Waals surface area contributed by atoms with Crippen LogP contribution in [0.2, 0.25) is 0 Å². The van der Waals surface area contributed by atoms with Gasteiger partial charge in [-0.1, -0.05) is 6.92 Å². The molecule has 1 heterocycles. The second kappa shape index (κ2) is 4.75. The van der Waals surface area contributed by atoms with Crippen molar-refractivity contribution >= 4 is 11.8 Å². The van der Waals surface area contributed by atoms with E-state index in [0.717, 1.165) is 6.42 Å². The number of carbonyl (C=O) groups excluding carboxylic acids is 2. The average Bonchev–Trinajstić information content (AvgIpc) is 2.67. The van der Waals surface area contributed by atoms with Crippen molar-refractivity contribution in [3.63, 3.8) is 0 Å². The third kappa shape index (κ3) is 2.37. The zero-order chi connectivity index (χ0) is 11.5. The Morgan fingerprint density at radius 1 is 1.53 bits per heavy atom. The summed E-state index contributed by atoms with van der Waals surface area (Å²) in [5.74, 6) is -1.29. The fourth-order valence-corrected chi connectivity index (χ4v) is 1.94. The minimum Gasteiger partial charge on any atom is -0.468 e. The van der Waals surface area contributed by atoms with E-state index in [-0.39, 0.29) is 5.78 Å². The number of Topliss-reactive ketones (excluding diaryl/α,β-unsaturated/α-hetero) is 1. The number of methoxy groups -OCH3 is 1. The van der Waals surface area contributed by atoms with Crippen LogP contribution in [-0.2, 0) is 19.1 Å². The molecule has 1 aliphatic heterocycles. The summed E-state index contributed by atoms with van der Waals surface area (Å²) in [6.45, 7) is 4.16. The highest BCUT2D eigenvalue weighted by molar-refractivity contribution is 6.03. The number of carbonyl (C=O) groups is 2. The molecule has 1 aliphatic rings. The molecular weight excluding hydrogens is 196 g/mol. The lowest BCUT2D eigenvalue weighted by Gasteiger charge is -2.25. The zero-order valence-electron chi connectivity index (χ0n) is 9.54. The van der Waals surface area contributed by atoms with Crippen LogP contribution in [0.25, 0.3) is 0 Å². The van der Waals surface area contributed by atoms with Gasteiger partial charge in [0.25, 0.3) is 0 Å². The van der Waals surface area contributed by atoms with Crippen molar-refractivity contribution in [1.82, 2.24) is 0 Å². The van der Waals surface area contributed by atoms with Gasteiger partial charge in [-0.3, -0.25) is 9.59 Å². The maximum atomic E-state index is 12.1. The molecule has 2 atom stereocenters. The Morgan fingerprint density at radius 3 is 2.60 bits per heavy atom. The molecule has 0 bridgehead atoms. The molecule has 4 heteroatoms. The van der Waals surface area contributed by atoms with Crippen LogP contribution in [0.5, 0.6) is 0 Å². The minimum atomic E-state index is -0.783. The van der Waals surface area contributed by atoms with E-state index in [1.54, 1.807) is 13.8 Å². The van der Waals surface area contributed by atoms with Gasteiger partial charge in [0.2, 0.25) is 0 Å². The molecule has 4 nitrogen and oxygen atoms in total. The fraction of sp³-hybridized carbons (Fsp3) is 0.818.